The maximum absolute atomic E-state index is 15.1. The van der Waals surface area contributed by atoms with Gasteiger partial charge in [-0.25, -0.2) is 19.0 Å². The number of nitrogen functional groups attached to an aromatic ring is 1. The van der Waals surface area contributed by atoms with E-state index in [1.807, 2.05) is 0 Å². The van der Waals surface area contributed by atoms with Gasteiger partial charge in [0, 0.05) is 24.0 Å². The topological polar surface area (TPSA) is 108 Å². The Morgan fingerprint density at radius 2 is 1.82 bits per heavy atom. The molecule has 4 saturated carbocycles. The van der Waals surface area contributed by atoms with Crippen LogP contribution in [0.25, 0.3) is 0 Å². The normalized spacial score (nSPS) is 39.3. The molecule has 0 amide bonds. The average Bonchev–Trinajstić information content (AvgIpc) is 3.24. The lowest BCUT2D eigenvalue weighted by Crippen LogP contribution is -2.69. The SMILES string of the molecule is COC[C@]12CC[C@H](C(C)(C)F)C[C@@]1(N)CC[C@@H]1C2CC[C@@]2(C)C1CC[C@@H]2C(=O)CN(N)c1ccc(F)c(F)c1N. The number of carbonyl (C=O) groups is 1. The Kier molecular flexibility index (Phi) is 7.53. The van der Waals surface area contributed by atoms with E-state index < -0.39 is 28.5 Å². The van der Waals surface area contributed by atoms with Gasteiger partial charge in [0.25, 0.3) is 0 Å². The highest BCUT2D eigenvalue weighted by atomic mass is 19.2. The minimum absolute atomic E-state index is 0.0105. The van der Waals surface area contributed by atoms with Gasteiger partial charge in [-0.2, -0.15) is 0 Å². The predicted octanol–water partition coefficient (Wildman–Crippen LogP) is 5.53. The summed E-state index contributed by atoms with van der Waals surface area (Å²) >= 11 is 0. The smallest absolute Gasteiger partial charge is 0.183 e. The lowest BCUT2D eigenvalue weighted by atomic mass is 9.41. The average molecular weight is 565 g/mol. The summed E-state index contributed by atoms with van der Waals surface area (Å²) in [5, 5.41) is 1.14. The summed E-state index contributed by atoms with van der Waals surface area (Å²) in [6, 6.07) is 2.28. The highest BCUT2D eigenvalue weighted by Crippen LogP contribution is 2.69. The van der Waals surface area contributed by atoms with Gasteiger partial charge >= 0.3 is 0 Å². The molecule has 9 heteroatoms. The number of fused-ring (bicyclic) bond motifs is 5. The molecular weight excluding hydrogens is 517 g/mol. The number of alkyl halides is 1. The van der Waals surface area contributed by atoms with E-state index in [-0.39, 0.29) is 40.7 Å². The second kappa shape index (κ2) is 10.2. The van der Waals surface area contributed by atoms with Crippen molar-refractivity contribution >= 4 is 17.2 Å². The molecule has 0 saturated heterocycles. The molecule has 6 nitrogen and oxygen atoms in total. The first-order valence-electron chi connectivity index (χ1n) is 14.9. The number of hydrogen-bond donors (Lipinski definition) is 3. The molecular formula is C31H47F3N4O2. The second-order valence-corrected chi connectivity index (χ2v) is 14.2. The molecule has 8 atom stereocenters. The quantitative estimate of drug-likeness (QED) is 0.228. The number of hydrogen-bond acceptors (Lipinski definition) is 6. The molecule has 1 aromatic carbocycles. The van der Waals surface area contributed by atoms with Crippen LogP contribution in [0.2, 0.25) is 0 Å². The van der Waals surface area contributed by atoms with Gasteiger partial charge in [0.1, 0.15) is 5.67 Å². The maximum atomic E-state index is 15.1. The van der Waals surface area contributed by atoms with Gasteiger partial charge in [-0.1, -0.05) is 6.92 Å². The standard InChI is InChI=1S/C31H47F3N4O2/c1-28(2,34)18-9-13-30(17-40-4)21-11-12-29(3)20(19(21)10-14-31(30,36)15-18)5-6-22(29)25(39)16-38(37)24-8-7-23(32)26(33)27(24)35/h7-8,18-22H,5-6,9-17,35-37H2,1-4H3/t18-,19-,20?,21?,22+,29-,30-,31-/m0/s1. The van der Waals surface area contributed by atoms with Crippen molar-refractivity contribution in [3.63, 3.8) is 0 Å². The number of nitrogens with two attached hydrogens (primary N) is 3. The molecule has 0 spiro atoms. The Morgan fingerprint density at radius 1 is 1.10 bits per heavy atom. The van der Waals surface area contributed by atoms with Crippen LogP contribution in [-0.2, 0) is 9.53 Å². The third-order valence-electron chi connectivity index (χ3n) is 12.1. The summed E-state index contributed by atoms with van der Waals surface area (Å²) in [6.07, 6.45) is 7.84. The molecule has 0 heterocycles. The highest BCUT2D eigenvalue weighted by Gasteiger charge is 2.66. The van der Waals surface area contributed by atoms with E-state index in [0.29, 0.717) is 30.8 Å². The van der Waals surface area contributed by atoms with Crippen LogP contribution in [0.5, 0.6) is 0 Å². The maximum Gasteiger partial charge on any atom is 0.183 e. The lowest BCUT2D eigenvalue weighted by Gasteiger charge is -2.66. The van der Waals surface area contributed by atoms with Crippen molar-refractivity contribution in [1.82, 2.24) is 0 Å². The number of methoxy groups -OCH3 is 1. The van der Waals surface area contributed by atoms with Crippen LogP contribution in [0.15, 0.2) is 12.1 Å². The first-order chi connectivity index (χ1) is 18.7. The monoisotopic (exact) mass is 564 g/mol. The Labute approximate surface area is 236 Å². The molecule has 4 aliphatic rings. The molecule has 0 radical (unpaired) electrons. The van der Waals surface area contributed by atoms with Crippen LogP contribution in [0.4, 0.5) is 24.5 Å². The van der Waals surface area contributed by atoms with Gasteiger partial charge in [-0.15, -0.1) is 0 Å². The predicted molar refractivity (Wildman–Crippen MR) is 151 cm³/mol. The molecule has 0 aliphatic heterocycles. The van der Waals surface area contributed by atoms with E-state index in [2.05, 4.69) is 6.92 Å². The number of ether oxygens (including phenoxy) is 1. The van der Waals surface area contributed by atoms with Gasteiger partial charge in [-0.05, 0) is 113 Å². The van der Waals surface area contributed by atoms with Gasteiger partial charge in [-0.3, -0.25) is 4.79 Å². The number of halogens is 3. The summed E-state index contributed by atoms with van der Waals surface area (Å²) in [5.74, 6) is 4.96. The fourth-order valence-corrected chi connectivity index (χ4v) is 10.00. The van der Waals surface area contributed by atoms with E-state index in [0.717, 1.165) is 62.4 Å². The van der Waals surface area contributed by atoms with E-state index >= 15 is 4.39 Å². The zero-order valence-corrected chi connectivity index (χ0v) is 24.4. The van der Waals surface area contributed by atoms with Crippen molar-refractivity contribution in [2.45, 2.75) is 89.8 Å². The Hall–Kier alpha value is -1.84. The molecule has 4 fully saturated rings. The molecule has 5 rings (SSSR count). The van der Waals surface area contributed by atoms with Gasteiger partial charge in [0.05, 0.1) is 24.5 Å². The Bertz CT molecular complexity index is 1140. The summed E-state index contributed by atoms with van der Waals surface area (Å²) in [4.78, 5) is 13.7. The highest BCUT2D eigenvalue weighted by molar-refractivity contribution is 5.87. The van der Waals surface area contributed by atoms with Crippen molar-refractivity contribution in [2.75, 3.05) is 31.0 Å². The van der Waals surface area contributed by atoms with Crippen molar-refractivity contribution in [2.24, 2.45) is 52.0 Å². The number of nitrogens with zero attached hydrogens (tertiary/aromatic N) is 1. The number of anilines is 2. The summed E-state index contributed by atoms with van der Waals surface area (Å²) in [7, 11) is 1.75. The van der Waals surface area contributed by atoms with Crippen LogP contribution < -0.4 is 22.3 Å². The largest absolute Gasteiger partial charge is 0.395 e. The molecule has 224 valence electrons. The van der Waals surface area contributed by atoms with Crippen molar-refractivity contribution in [3.05, 3.63) is 23.8 Å². The minimum atomic E-state index is -1.26. The fraction of sp³-hybridized carbons (Fsp3) is 0.774. The Morgan fingerprint density at radius 3 is 2.50 bits per heavy atom. The number of ketones is 1. The minimum Gasteiger partial charge on any atom is -0.395 e. The first-order valence-corrected chi connectivity index (χ1v) is 14.9. The third kappa shape index (κ3) is 4.46. The van der Waals surface area contributed by atoms with Crippen LogP contribution in [0.1, 0.15) is 78.6 Å². The summed E-state index contributed by atoms with van der Waals surface area (Å²) in [6.45, 7) is 6.10. The number of rotatable bonds is 7. The summed E-state index contributed by atoms with van der Waals surface area (Å²) < 4.78 is 48.6. The Balaban J connectivity index is 1.36. The molecule has 2 unspecified atom stereocenters. The zero-order valence-electron chi connectivity index (χ0n) is 24.4. The number of Topliss-reactive ketones (excluding diaryl/α,β-unsaturated/α-hetero) is 1. The number of benzene rings is 1. The number of carbonyl (C=O) groups excluding carboxylic acids is 1. The van der Waals surface area contributed by atoms with E-state index in [1.165, 1.54) is 6.07 Å². The molecule has 0 bridgehead atoms. The molecule has 4 aliphatic carbocycles. The molecule has 6 N–H and O–H groups in total. The van der Waals surface area contributed by atoms with Crippen molar-refractivity contribution in [1.29, 1.82) is 0 Å². The van der Waals surface area contributed by atoms with Crippen molar-refractivity contribution < 1.29 is 22.7 Å². The van der Waals surface area contributed by atoms with Gasteiger partial charge < -0.3 is 21.2 Å². The third-order valence-corrected chi connectivity index (χ3v) is 12.1. The van der Waals surface area contributed by atoms with Crippen molar-refractivity contribution in [3.8, 4) is 0 Å². The van der Waals surface area contributed by atoms with Crippen LogP contribution in [0.3, 0.4) is 0 Å². The van der Waals surface area contributed by atoms with Gasteiger partial charge in [0.15, 0.2) is 17.4 Å². The van der Waals surface area contributed by atoms with E-state index in [1.54, 1.807) is 21.0 Å². The fourth-order valence-electron chi connectivity index (χ4n) is 10.00. The first kappa shape index (κ1) is 29.6. The zero-order chi connectivity index (χ0) is 29.3. The lowest BCUT2D eigenvalue weighted by molar-refractivity contribution is -0.170. The van der Waals surface area contributed by atoms with E-state index in [4.69, 9.17) is 22.0 Å². The molecule has 40 heavy (non-hydrogen) atoms. The molecule has 0 aromatic heterocycles. The van der Waals surface area contributed by atoms with E-state index in [9.17, 15) is 13.6 Å². The van der Waals surface area contributed by atoms with Crippen LogP contribution in [-0.4, -0.2) is 37.3 Å². The van der Waals surface area contributed by atoms with Crippen LogP contribution >= 0.6 is 0 Å². The molecule has 1 aromatic rings. The second-order valence-electron chi connectivity index (χ2n) is 14.2. The van der Waals surface area contributed by atoms with Gasteiger partial charge in [0.2, 0.25) is 0 Å². The summed E-state index contributed by atoms with van der Waals surface area (Å²) in [5.41, 5.74) is 10.7. The van der Waals surface area contributed by atoms with Crippen LogP contribution in [0, 0.1) is 52.1 Å². The number of hydrazine groups is 1.